The fourth-order valence-corrected chi connectivity index (χ4v) is 6.61. The van der Waals surface area contributed by atoms with Crippen molar-refractivity contribution >= 4 is 91.3 Å². The number of rotatable bonds is 9. The number of allylic oxidation sites excluding steroid dienone is 2. The molecule has 0 unspecified atom stereocenters. The number of hydrogen-bond acceptors (Lipinski definition) is 12. The van der Waals surface area contributed by atoms with E-state index in [1.807, 2.05) is 6.07 Å². The summed E-state index contributed by atoms with van der Waals surface area (Å²) in [7, 11) is -3.75. The molecule has 0 atom stereocenters. The number of nitrogens with zero attached hydrogens (tertiary/aromatic N) is 2. The van der Waals surface area contributed by atoms with Crippen molar-refractivity contribution in [3.8, 4) is 11.5 Å². The summed E-state index contributed by atoms with van der Waals surface area (Å²) in [5, 5.41) is 34.0. The van der Waals surface area contributed by atoms with Crippen molar-refractivity contribution in [3.05, 3.63) is 112 Å². The SMILES string of the molecule is CC(=O)Nc1cccc2c1/C(=N/Nc1cc(Cl)ccc1O)C(=O)C=C2.CCNS(=O)(=O)c1ccc(O)c(N/N=C2\C(=O)C=Cc3cccc(NC(C)=O)c32)c1.[Cr].[Na+]. The van der Waals surface area contributed by atoms with Crippen LogP contribution in [0, 0.1) is 0 Å². The third-order valence-electron chi connectivity index (χ3n) is 7.73. The number of fused-ring (bicyclic) bond motifs is 2. The molecule has 7 N–H and O–H groups in total. The van der Waals surface area contributed by atoms with Crippen LogP contribution in [0.2, 0.25) is 5.02 Å². The summed E-state index contributed by atoms with van der Waals surface area (Å²) in [6.45, 7) is 4.59. The molecule has 0 aliphatic heterocycles. The Morgan fingerprint density at radius 3 is 1.60 bits per heavy atom. The first-order chi connectivity index (χ1) is 26.2. The maximum absolute atomic E-state index is 12.5. The molecule has 2 aliphatic carbocycles. The van der Waals surface area contributed by atoms with Gasteiger partial charge in [-0.3, -0.25) is 30.0 Å². The summed E-state index contributed by atoms with van der Waals surface area (Å²) >= 11 is 5.91. The second-order valence-corrected chi connectivity index (χ2v) is 14.0. The van der Waals surface area contributed by atoms with Crippen LogP contribution in [-0.4, -0.2) is 60.0 Å². The molecule has 288 valence electrons. The van der Waals surface area contributed by atoms with Crippen LogP contribution in [0.3, 0.4) is 0 Å². The van der Waals surface area contributed by atoms with Gasteiger partial charge in [-0.2, -0.15) is 10.2 Å². The number of benzene rings is 4. The van der Waals surface area contributed by atoms with Gasteiger partial charge in [-0.15, -0.1) is 0 Å². The number of anilines is 4. The molecular formula is C38H34ClCrN7NaO8S+. The van der Waals surface area contributed by atoms with Crippen molar-refractivity contribution in [2.45, 2.75) is 25.7 Å². The Kier molecular flexibility index (Phi) is 16.5. The first kappa shape index (κ1) is 46.3. The Balaban J connectivity index is 0.000000299. The van der Waals surface area contributed by atoms with E-state index in [4.69, 9.17) is 11.6 Å². The number of carbonyl (C=O) groups is 4. The van der Waals surface area contributed by atoms with Gasteiger partial charge in [0.25, 0.3) is 0 Å². The number of phenols is 2. The number of amides is 2. The molecular weight excluding hydrogens is 825 g/mol. The number of ketones is 2. The third-order valence-corrected chi connectivity index (χ3v) is 9.51. The molecule has 4 aromatic rings. The average molecular weight is 859 g/mol. The largest absolute Gasteiger partial charge is 1.00 e. The van der Waals surface area contributed by atoms with E-state index >= 15 is 0 Å². The molecule has 0 bridgehead atoms. The van der Waals surface area contributed by atoms with Gasteiger partial charge in [0, 0.05) is 53.9 Å². The fourth-order valence-electron chi connectivity index (χ4n) is 5.37. The van der Waals surface area contributed by atoms with Gasteiger partial charge in [-0.25, -0.2) is 13.1 Å². The first-order valence-electron chi connectivity index (χ1n) is 16.4. The van der Waals surface area contributed by atoms with Gasteiger partial charge in [0.15, 0.2) is 0 Å². The summed E-state index contributed by atoms with van der Waals surface area (Å²) in [6.07, 6.45) is 6.02. The summed E-state index contributed by atoms with van der Waals surface area (Å²) in [5.41, 5.74) is 8.89. The molecule has 2 aliphatic rings. The second-order valence-electron chi connectivity index (χ2n) is 11.8. The van der Waals surface area contributed by atoms with Gasteiger partial charge >= 0.3 is 29.6 Å². The van der Waals surface area contributed by atoms with Crippen LogP contribution in [-0.2, 0) is 46.6 Å². The minimum absolute atomic E-state index is 0. The molecule has 0 heterocycles. The van der Waals surface area contributed by atoms with Crippen molar-refractivity contribution in [2.75, 3.05) is 28.0 Å². The van der Waals surface area contributed by atoms with Crippen LogP contribution < -0.4 is 55.8 Å². The van der Waals surface area contributed by atoms with Crippen LogP contribution in [0.4, 0.5) is 22.7 Å². The topological polar surface area (TPSA) is 228 Å². The molecule has 4 aromatic carbocycles. The maximum atomic E-state index is 12.5. The Hall–Kier alpha value is -5.09. The van der Waals surface area contributed by atoms with Crippen molar-refractivity contribution in [1.29, 1.82) is 0 Å². The molecule has 0 aromatic heterocycles. The number of carbonyl (C=O) groups excluding carboxylic acids is 4. The fraction of sp³-hybridized carbons (Fsp3) is 0.105. The van der Waals surface area contributed by atoms with Crippen LogP contribution in [0.1, 0.15) is 43.0 Å². The standard InChI is InChI=1S/C20H20N4O5S.C18H14ClN3O3.Cr.Na/c1-3-21-30(28,29)14-8-10-17(26)16(11-14)23-24-20-18(27)9-7-13-5-4-6-15(19(13)20)22-12(2)25;1-10(23)20-13-4-2-3-11-5-7-16(25)18(17(11)13)22-21-14-9-12(19)6-8-15(14)24;;/h4-11,21,23,26H,3H2,1-2H3,(H,22,25);2-9,21,24H,1H3,(H,20,23);;/q;;;+1/b24-20+;22-18+;;. The van der Waals surface area contributed by atoms with Gasteiger partial charge in [0.1, 0.15) is 22.9 Å². The molecule has 57 heavy (non-hydrogen) atoms. The predicted molar refractivity (Wildman–Crippen MR) is 212 cm³/mol. The number of phenolic OH excluding ortho intramolecular Hbond substituents is 2. The Bertz CT molecular complexity index is 2480. The molecule has 0 spiro atoms. The molecule has 0 fully saturated rings. The van der Waals surface area contributed by atoms with E-state index in [2.05, 4.69) is 36.4 Å². The normalized spacial score (nSPS) is 13.9. The summed E-state index contributed by atoms with van der Waals surface area (Å²) in [5.74, 6) is -1.60. The van der Waals surface area contributed by atoms with Gasteiger partial charge in [0.05, 0.1) is 27.6 Å². The minimum Gasteiger partial charge on any atom is -0.506 e. The van der Waals surface area contributed by atoms with Gasteiger partial charge in [-0.1, -0.05) is 54.9 Å². The number of nitrogens with one attached hydrogen (secondary N) is 5. The number of sulfonamides is 1. The molecule has 19 heteroatoms. The molecule has 0 saturated carbocycles. The summed E-state index contributed by atoms with van der Waals surface area (Å²) < 4.78 is 26.8. The summed E-state index contributed by atoms with van der Waals surface area (Å²) in [6, 6.07) is 18.5. The van der Waals surface area contributed by atoms with E-state index in [9.17, 15) is 37.8 Å². The van der Waals surface area contributed by atoms with Crippen molar-refractivity contribution in [2.24, 2.45) is 10.2 Å². The number of aromatic hydroxyl groups is 2. The van der Waals surface area contributed by atoms with E-state index in [1.54, 1.807) is 49.4 Å². The van der Waals surface area contributed by atoms with Crippen molar-refractivity contribution in [1.82, 2.24) is 4.72 Å². The van der Waals surface area contributed by atoms with Crippen molar-refractivity contribution < 1.29 is 84.7 Å². The Morgan fingerprint density at radius 2 is 1.14 bits per heavy atom. The average Bonchev–Trinajstić information content (AvgIpc) is 3.13. The number of hydrogen-bond donors (Lipinski definition) is 7. The first-order valence-corrected chi connectivity index (χ1v) is 18.3. The Morgan fingerprint density at radius 1 is 0.684 bits per heavy atom. The van der Waals surface area contributed by atoms with Crippen LogP contribution in [0.25, 0.3) is 12.2 Å². The van der Waals surface area contributed by atoms with Crippen LogP contribution in [0.5, 0.6) is 11.5 Å². The molecule has 0 saturated heterocycles. The third kappa shape index (κ3) is 11.5. The van der Waals surface area contributed by atoms with Crippen LogP contribution >= 0.6 is 11.6 Å². The number of halogens is 1. The van der Waals surface area contributed by atoms with Crippen molar-refractivity contribution in [3.63, 3.8) is 0 Å². The van der Waals surface area contributed by atoms with Crippen LogP contribution in [0.15, 0.2) is 100 Å². The second kappa shape index (κ2) is 20.4. The molecule has 15 nitrogen and oxygen atoms in total. The van der Waals surface area contributed by atoms with E-state index in [0.717, 1.165) is 5.56 Å². The van der Waals surface area contributed by atoms with E-state index in [0.29, 0.717) is 33.1 Å². The molecule has 2 amide bonds. The van der Waals surface area contributed by atoms with E-state index in [1.165, 1.54) is 62.4 Å². The van der Waals surface area contributed by atoms with E-state index in [-0.39, 0.29) is 110 Å². The predicted octanol–water partition coefficient (Wildman–Crippen LogP) is 2.48. The van der Waals surface area contributed by atoms with Gasteiger partial charge in [0.2, 0.25) is 33.4 Å². The zero-order valence-corrected chi connectivity index (χ0v) is 35.7. The maximum Gasteiger partial charge on any atom is 1.00 e. The zero-order valence-electron chi connectivity index (χ0n) is 30.9. The number of hydrazone groups is 2. The summed E-state index contributed by atoms with van der Waals surface area (Å²) in [4.78, 5) is 47.7. The van der Waals surface area contributed by atoms with Gasteiger partial charge in [-0.05, 0) is 71.8 Å². The quantitative estimate of drug-likeness (QED) is 0.0740. The minimum atomic E-state index is -3.75. The van der Waals surface area contributed by atoms with E-state index < -0.39 is 15.8 Å². The Labute approximate surface area is 365 Å². The van der Waals surface area contributed by atoms with Gasteiger partial charge < -0.3 is 20.8 Å². The molecule has 6 rings (SSSR count). The molecule has 0 radical (unpaired) electrons. The monoisotopic (exact) mass is 858 g/mol. The zero-order chi connectivity index (χ0) is 39.9. The smallest absolute Gasteiger partial charge is 0.506 e.